The second-order valence-corrected chi connectivity index (χ2v) is 7.71. The predicted molar refractivity (Wildman–Crippen MR) is 98.1 cm³/mol. The van der Waals surface area contributed by atoms with Gasteiger partial charge in [0.25, 0.3) is 5.56 Å². The minimum absolute atomic E-state index is 0.0614. The lowest BCUT2D eigenvalue weighted by molar-refractivity contribution is -0.131. The molecule has 25 heavy (non-hydrogen) atoms. The third kappa shape index (κ3) is 4.07. The van der Waals surface area contributed by atoms with Crippen molar-refractivity contribution in [2.75, 3.05) is 26.0 Å². The second-order valence-electron chi connectivity index (χ2n) is 6.54. The van der Waals surface area contributed by atoms with E-state index in [0.29, 0.717) is 6.54 Å². The molecule has 0 spiro atoms. The van der Waals surface area contributed by atoms with Crippen molar-refractivity contribution in [3.05, 3.63) is 38.2 Å². The Morgan fingerprint density at radius 2 is 2.04 bits per heavy atom. The molecule has 0 saturated carbocycles. The molecule has 1 aliphatic carbocycles. The Kier molecular flexibility index (Phi) is 5.17. The number of nitrogens with zero attached hydrogens (tertiary/aromatic N) is 5. The van der Waals surface area contributed by atoms with Crippen LogP contribution in [0.3, 0.4) is 0 Å². The van der Waals surface area contributed by atoms with Crippen molar-refractivity contribution in [3.8, 4) is 0 Å². The largest absolute Gasteiger partial charge is 0.376 e. The molecule has 0 aliphatic heterocycles. The van der Waals surface area contributed by atoms with Crippen molar-refractivity contribution in [3.63, 3.8) is 0 Å². The third-order valence-electron chi connectivity index (χ3n) is 4.34. The summed E-state index contributed by atoms with van der Waals surface area (Å²) in [6.07, 6.45) is 6.15. The first kappa shape index (κ1) is 17.6. The van der Waals surface area contributed by atoms with Gasteiger partial charge in [0.15, 0.2) is 0 Å². The molecule has 0 fully saturated rings. The number of hydrogen-bond donors (Lipinski definition) is 0. The van der Waals surface area contributed by atoms with E-state index in [9.17, 15) is 9.59 Å². The van der Waals surface area contributed by atoms with Gasteiger partial charge in [-0.1, -0.05) is 0 Å². The average molecular weight is 361 g/mol. The van der Waals surface area contributed by atoms with E-state index in [-0.39, 0.29) is 18.0 Å². The highest BCUT2D eigenvalue weighted by atomic mass is 32.1. The van der Waals surface area contributed by atoms with Gasteiger partial charge in [0.1, 0.15) is 11.6 Å². The van der Waals surface area contributed by atoms with Gasteiger partial charge in [-0.3, -0.25) is 9.59 Å². The van der Waals surface area contributed by atoms with Crippen molar-refractivity contribution in [2.45, 2.75) is 38.8 Å². The first-order valence-corrected chi connectivity index (χ1v) is 9.21. The quantitative estimate of drug-likeness (QED) is 0.803. The molecule has 0 saturated heterocycles. The number of hydrogen-bond acceptors (Lipinski definition) is 6. The van der Waals surface area contributed by atoms with E-state index in [1.54, 1.807) is 34.4 Å². The molecule has 3 rings (SSSR count). The summed E-state index contributed by atoms with van der Waals surface area (Å²) in [7, 11) is 5.42. The van der Waals surface area contributed by atoms with Crippen LogP contribution in [-0.4, -0.2) is 46.7 Å². The van der Waals surface area contributed by atoms with Gasteiger partial charge in [-0.15, -0.1) is 11.3 Å². The molecule has 7 nitrogen and oxygen atoms in total. The minimum atomic E-state index is -0.280. The zero-order chi connectivity index (χ0) is 18.0. The fraction of sp³-hybridized carbons (Fsp3) is 0.529. The zero-order valence-electron chi connectivity index (χ0n) is 14.9. The summed E-state index contributed by atoms with van der Waals surface area (Å²) in [5.41, 5.74) is 1.64. The molecule has 0 N–H and O–H groups in total. The van der Waals surface area contributed by atoms with Gasteiger partial charge in [-0.05, 0) is 25.7 Å². The molecule has 0 radical (unpaired) electrons. The number of carbonyl (C=O) groups excluding carboxylic acids is 1. The van der Waals surface area contributed by atoms with Crippen LogP contribution in [0.5, 0.6) is 0 Å². The summed E-state index contributed by atoms with van der Waals surface area (Å²) >= 11 is 1.70. The number of rotatable bonds is 5. The lowest BCUT2D eigenvalue weighted by atomic mass is 10.0. The monoisotopic (exact) mass is 361 g/mol. The lowest BCUT2D eigenvalue weighted by Crippen LogP contribution is -2.34. The standard InChI is InChI=1S/C17H23N5O2S/c1-20(2)12-8-16(23)22(18-9-12)11-17(24)21(3)10-15-19-13-6-4-5-7-14(13)25-15/h8-9H,4-7,10-11H2,1-3H3. The molecule has 0 aromatic carbocycles. The van der Waals surface area contributed by atoms with Crippen molar-refractivity contribution in [1.29, 1.82) is 0 Å². The molecule has 1 amide bonds. The molecular weight excluding hydrogens is 338 g/mol. The van der Waals surface area contributed by atoms with E-state index in [0.717, 1.165) is 23.5 Å². The Bertz CT molecular complexity index is 803. The fourth-order valence-electron chi connectivity index (χ4n) is 2.80. The molecule has 8 heteroatoms. The van der Waals surface area contributed by atoms with E-state index in [1.165, 1.54) is 34.2 Å². The van der Waals surface area contributed by atoms with Gasteiger partial charge in [-0.25, -0.2) is 9.67 Å². The van der Waals surface area contributed by atoms with Gasteiger partial charge in [0, 0.05) is 32.1 Å². The number of thiazole rings is 1. The van der Waals surface area contributed by atoms with Gasteiger partial charge in [0.2, 0.25) is 5.91 Å². The van der Waals surface area contributed by atoms with Crippen LogP contribution in [0.2, 0.25) is 0 Å². The lowest BCUT2D eigenvalue weighted by Gasteiger charge is -2.16. The summed E-state index contributed by atoms with van der Waals surface area (Å²) in [6, 6.07) is 1.48. The number of fused-ring (bicyclic) bond motifs is 1. The van der Waals surface area contributed by atoms with Crippen LogP contribution in [0.25, 0.3) is 0 Å². The van der Waals surface area contributed by atoms with Gasteiger partial charge >= 0.3 is 0 Å². The predicted octanol–water partition coefficient (Wildman–Crippen LogP) is 1.30. The van der Waals surface area contributed by atoms with Gasteiger partial charge in [-0.2, -0.15) is 5.10 Å². The highest BCUT2D eigenvalue weighted by Crippen LogP contribution is 2.27. The molecule has 134 valence electrons. The Morgan fingerprint density at radius 3 is 2.72 bits per heavy atom. The van der Waals surface area contributed by atoms with Crippen LogP contribution >= 0.6 is 11.3 Å². The highest BCUT2D eigenvalue weighted by molar-refractivity contribution is 7.11. The average Bonchev–Trinajstić information content (AvgIpc) is 2.98. The van der Waals surface area contributed by atoms with E-state index >= 15 is 0 Å². The number of amides is 1. The Morgan fingerprint density at radius 1 is 1.28 bits per heavy atom. The summed E-state index contributed by atoms with van der Waals surface area (Å²) in [4.78, 5) is 33.9. The molecule has 2 aromatic rings. The number of anilines is 1. The topological polar surface area (TPSA) is 71.3 Å². The minimum Gasteiger partial charge on any atom is -0.376 e. The van der Waals surface area contributed by atoms with Crippen molar-refractivity contribution in [1.82, 2.24) is 19.7 Å². The summed E-state index contributed by atoms with van der Waals surface area (Å²) in [5, 5.41) is 5.05. The Balaban J connectivity index is 1.64. The Hall–Kier alpha value is -2.22. The van der Waals surface area contributed by atoms with E-state index < -0.39 is 0 Å². The molecular formula is C17H23N5O2S. The zero-order valence-corrected chi connectivity index (χ0v) is 15.7. The van der Waals surface area contributed by atoms with Crippen molar-refractivity contribution >= 4 is 22.9 Å². The first-order chi connectivity index (χ1) is 11.9. The number of aryl methyl sites for hydroxylation is 2. The van der Waals surface area contributed by atoms with Crippen LogP contribution in [0.4, 0.5) is 5.69 Å². The summed E-state index contributed by atoms with van der Waals surface area (Å²) in [6.45, 7) is 0.412. The van der Waals surface area contributed by atoms with Crippen LogP contribution in [0.15, 0.2) is 17.1 Å². The maximum atomic E-state index is 12.4. The van der Waals surface area contributed by atoms with Crippen molar-refractivity contribution in [2.24, 2.45) is 0 Å². The fourth-order valence-corrected chi connectivity index (χ4v) is 4.01. The van der Waals surface area contributed by atoms with Gasteiger partial charge < -0.3 is 9.80 Å². The van der Waals surface area contributed by atoms with Crippen LogP contribution in [0.1, 0.15) is 28.4 Å². The normalized spacial score (nSPS) is 13.4. The van der Waals surface area contributed by atoms with Crippen LogP contribution < -0.4 is 10.5 Å². The molecule has 0 bridgehead atoms. The summed E-state index contributed by atoms with van der Waals surface area (Å²) < 4.78 is 1.19. The highest BCUT2D eigenvalue weighted by Gasteiger charge is 2.18. The van der Waals surface area contributed by atoms with Crippen LogP contribution in [0, 0.1) is 0 Å². The van der Waals surface area contributed by atoms with Gasteiger partial charge in [0.05, 0.1) is 24.1 Å². The molecule has 2 heterocycles. The molecule has 0 unspecified atom stereocenters. The Labute approximate surface area is 150 Å². The van der Waals surface area contributed by atoms with E-state index in [1.807, 2.05) is 14.1 Å². The maximum absolute atomic E-state index is 12.4. The molecule has 0 atom stereocenters. The SMILES string of the molecule is CN(Cc1nc2c(s1)CCCC2)C(=O)Cn1ncc(N(C)C)cc1=O. The first-order valence-electron chi connectivity index (χ1n) is 8.40. The van der Waals surface area contributed by atoms with Crippen LogP contribution in [-0.2, 0) is 30.7 Å². The second kappa shape index (κ2) is 7.35. The maximum Gasteiger partial charge on any atom is 0.269 e. The number of likely N-dealkylation sites (N-methyl/N-ethyl adjacent to an activating group) is 1. The number of carbonyl (C=O) groups is 1. The smallest absolute Gasteiger partial charge is 0.269 e. The third-order valence-corrected chi connectivity index (χ3v) is 5.49. The van der Waals surface area contributed by atoms with Crippen molar-refractivity contribution < 1.29 is 4.79 Å². The van der Waals surface area contributed by atoms with E-state index in [2.05, 4.69) is 10.1 Å². The molecule has 1 aliphatic rings. The molecule has 2 aromatic heterocycles. The number of aromatic nitrogens is 3. The summed E-state index contributed by atoms with van der Waals surface area (Å²) in [5.74, 6) is -0.152. The van der Waals surface area contributed by atoms with E-state index in [4.69, 9.17) is 0 Å².